The molecule has 2 heteroatoms. The van der Waals surface area contributed by atoms with E-state index in [9.17, 15) is 4.79 Å². The molecule has 1 nitrogen and oxygen atoms in total. The topological polar surface area (TPSA) is 17.1 Å². The third-order valence-electron chi connectivity index (χ3n) is 3.87. The largest absolute Gasteiger partial charge is 0.289 e. The molecule has 0 fully saturated rings. The number of rotatable bonds is 1. The minimum atomic E-state index is 0.0942. The summed E-state index contributed by atoms with van der Waals surface area (Å²) < 4.78 is 0. The van der Waals surface area contributed by atoms with Crippen LogP contribution in [0.15, 0.2) is 65.5 Å². The number of benzene rings is 3. The van der Waals surface area contributed by atoms with Crippen LogP contribution in [0.2, 0.25) is 5.02 Å². The van der Waals surface area contributed by atoms with Crippen molar-refractivity contribution in [1.82, 2.24) is 0 Å². The molecule has 0 amide bonds. The molecule has 100 valence electrons. The van der Waals surface area contributed by atoms with Crippen LogP contribution in [0.3, 0.4) is 0 Å². The van der Waals surface area contributed by atoms with Gasteiger partial charge in [0.05, 0.1) is 0 Å². The van der Waals surface area contributed by atoms with Gasteiger partial charge in [0.1, 0.15) is 0 Å². The summed E-state index contributed by atoms with van der Waals surface area (Å²) in [7, 11) is 0. The molecule has 0 atom stereocenters. The van der Waals surface area contributed by atoms with Gasteiger partial charge in [-0.05, 0) is 34.5 Å². The van der Waals surface area contributed by atoms with Gasteiger partial charge < -0.3 is 0 Å². The van der Waals surface area contributed by atoms with Gasteiger partial charge in [0.2, 0.25) is 0 Å². The minimum absolute atomic E-state index is 0.0942. The van der Waals surface area contributed by atoms with E-state index >= 15 is 0 Å². The van der Waals surface area contributed by atoms with E-state index in [2.05, 4.69) is 0 Å². The van der Waals surface area contributed by atoms with E-state index in [0.717, 1.165) is 32.3 Å². The summed E-state index contributed by atoms with van der Waals surface area (Å²) >= 11 is 5.91. The monoisotopic (exact) mass is 290 g/mol. The Morgan fingerprint density at radius 3 is 2.19 bits per heavy atom. The van der Waals surface area contributed by atoms with Crippen LogP contribution in [0.4, 0.5) is 0 Å². The molecule has 0 unspecified atom stereocenters. The predicted octanol–water partition coefficient (Wildman–Crippen LogP) is 3.99. The van der Waals surface area contributed by atoms with Crippen LogP contribution in [0.5, 0.6) is 0 Å². The molecule has 4 aromatic carbocycles. The molecule has 0 aliphatic rings. The first-order valence-electron chi connectivity index (χ1n) is 6.78. The van der Waals surface area contributed by atoms with Crippen LogP contribution >= 0.6 is 11.6 Å². The highest BCUT2D eigenvalue weighted by Gasteiger charge is 2.10. The highest BCUT2D eigenvalue weighted by Crippen LogP contribution is 2.22. The summed E-state index contributed by atoms with van der Waals surface area (Å²) in [5.74, 6) is 0. The lowest BCUT2D eigenvalue weighted by atomic mass is 10.1. The molecule has 0 saturated carbocycles. The van der Waals surface area contributed by atoms with E-state index in [0.29, 0.717) is 5.02 Å². The third-order valence-corrected chi connectivity index (χ3v) is 4.12. The van der Waals surface area contributed by atoms with Crippen molar-refractivity contribution in [3.8, 4) is 0 Å². The molecule has 0 heterocycles. The van der Waals surface area contributed by atoms with Crippen molar-refractivity contribution in [3.05, 3.63) is 86.7 Å². The molecular formula is C19H11ClO. The molecule has 0 aromatic heterocycles. The third kappa shape index (κ3) is 1.90. The van der Waals surface area contributed by atoms with Crippen molar-refractivity contribution in [3.63, 3.8) is 0 Å². The molecule has 0 spiro atoms. The molecule has 0 bridgehead atoms. The van der Waals surface area contributed by atoms with Crippen molar-refractivity contribution in [1.29, 1.82) is 0 Å². The standard InChI is InChI=1S/C19H11ClO/c20-14-9-7-12(8-10-14)11-17-15-5-1-3-13-4-2-6-16(18(13)15)19(17)21/h1-11H/b17-11-. The molecule has 4 aromatic rings. The molecule has 4 rings (SSSR count). The second-order valence-corrected chi connectivity index (χ2v) is 5.58. The summed E-state index contributed by atoms with van der Waals surface area (Å²) in [5, 5.41) is 5.43. The summed E-state index contributed by atoms with van der Waals surface area (Å²) in [6.45, 7) is 0. The van der Waals surface area contributed by atoms with Crippen LogP contribution in [-0.2, 0) is 0 Å². The summed E-state index contributed by atoms with van der Waals surface area (Å²) in [6, 6.07) is 19.4. The van der Waals surface area contributed by atoms with E-state index in [1.165, 1.54) is 0 Å². The molecule has 0 saturated heterocycles. The van der Waals surface area contributed by atoms with Crippen LogP contribution in [0.1, 0.15) is 5.56 Å². The average molecular weight is 291 g/mol. The van der Waals surface area contributed by atoms with Gasteiger partial charge in [-0.1, -0.05) is 60.1 Å². The summed E-state index contributed by atoms with van der Waals surface area (Å²) in [4.78, 5) is 12.7. The Kier molecular flexibility index (Phi) is 2.69. The Balaban J connectivity index is 2.14. The summed E-state index contributed by atoms with van der Waals surface area (Å²) in [6.07, 6.45) is 1.94. The molecule has 21 heavy (non-hydrogen) atoms. The van der Waals surface area contributed by atoms with E-state index in [1.54, 1.807) is 0 Å². The Bertz CT molecular complexity index is 1040. The zero-order valence-electron chi connectivity index (χ0n) is 11.1. The van der Waals surface area contributed by atoms with Gasteiger partial charge in [-0.25, -0.2) is 0 Å². The number of hydrogen-bond donors (Lipinski definition) is 0. The molecule has 0 aliphatic carbocycles. The second-order valence-electron chi connectivity index (χ2n) is 5.15. The van der Waals surface area contributed by atoms with E-state index in [1.807, 2.05) is 66.7 Å². The van der Waals surface area contributed by atoms with Crippen molar-refractivity contribution in [2.24, 2.45) is 0 Å². The Morgan fingerprint density at radius 2 is 1.48 bits per heavy atom. The Morgan fingerprint density at radius 1 is 0.810 bits per heavy atom. The Labute approximate surface area is 126 Å². The van der Waals surface area contributed by atoms with Crippen LogP contribution in [0, 0.1) is 0 Å². The van der Waals surface area contributed by atoms with E-state index in [4.69, 9.17) is 11.6 Å². The van der Waals surface area contributed by atoms with Crippen LogP contribution in [-0.4, -0.2) is 0 Å². The smallest absolute Gasteiger partial charge is 0.194 e. The molecule has 0 aliphatic heterocycles. The van der Waals surface area contributed by atoms with Gasteiger partial charge in [-0.15, -0.1) is 0 Å². The summed E-state index contributed by atoms with van der Waals surface area (Å²) in [5.41, 5.74) is 1.07. The van der Waals surface area contributed by atoms with Crippen molar-refractivity contribution >= 4 is 39.2 Å². The molecular weight excluding hydrogens is 280 g/mol. The maximum absolute atomic E-state index is 12.7. The zero-order valence-corrected chi connectivity index (χ0v) is 11.9. The quantitative estimate of drug-likeness (QED) is 0.518. The fourth-order valence-electron chi connectivity index (χ4n) is 2.89. The first kappa shape index (κ1) is 12.4. The minimum Gasteiger partial charge on any atom is -0.289 e. The lowest BCUT2D eigenvalue weighted by Gasteiger charge is -1.96. The second kappa shape index (κ2) is 4.57. The zero-order chi connectivity index (χ0) is 14.4. The first-order valence-corrected chi connectivity index (χ1v) is 7.16. The number of hydrogen-bond acceptors (Lipinski definition) is 1. The van der Waals surface area contributed by atoms with E-state index < -0.39 is 0 Å². The first-order chi connectivity index (χ1) is 10.2. The Hall–Kier alpha value is -2.38. The predicted molar refractivity (Wildman–Crippen MR) is 89.1 cm³/mol. The highest BCUT2D eigenvalue weighted by molar-refractivity contribution is 6.30. The van der Waals surface area contributed by atoms with Crippen molar-refractivity contribution in [2.45, 2.75) is 0 Å². The molecule has 0 N–H and O–H groups in total. The van der Waals surface area contributed by atoms with Gasteiger partial charge in [0.25, 0.3) is 0 Å². The SMILES string of the molecule is O=c1/c(=C\c2ccc(Cl)cc2)c2cccc3cccc1c32. The fourth-order valence-corrected chi connectivity index (χ4v) is 3.02. The normalized spacial score (nSPS) is 12.5. The lowest BCUT2D eigenvalue weighted by molar-refractivity contribution is 1.61. The number of halogens is 1. The average Bonchev–Trinajstić information content (AvgIpc) is 2.78. The lowest BCUT2D eigenvalue weighted by Crippen LogP contribution is -2.19. The molecule has 0 radical (unpaired) electrons. The van der Waals surface area contributed by atoms with Crippen molar-refractivity contribution < 1.29 is 0 Å². The van der Waals surface area contributed by atoms with Crippen LogP contribution < -0.4 is 10.6 Å². The van der Waals surface area contributed by atoms with E-state index in [-0.39, 0.29) is 5.43 Å². The van der Waals surface area contributed by atoms with Gasteiger partial charge >= 0.3 is 0 Å². The van der Waals surface area contributed by atoms with Gasteiger partial charge in [-0.3, -0.25) is 4.79 Å². The van der Waals surface area contributed by atoms with Gasteiger partial charge in [0, 0.05) is 21.0 Å². The highest BCUT2D eigenvalue weighted by atomic mass is 35.5. The van der Waals surface area contributed by atoms with Crippen LogP contribution in [0.25, 0.3) is 27.6 Å². The van der Waals surface area contributed by atoms with Gasteiger partial charge in [0.15, 0.2) is 5.43 Å². The maximum Gasteiger partial charge on any atom is 0.194 e. The van der Waals surface area contributed by atoms with Crippen molar-refractivity contribution in [2.75, 3.05) is 0 Å². The van der Waals surface area contributed by atoms with Gasteiger partial charge in [-0.2, -0.15) is 0 Å². The maximum atomic E-state index is 12.7. The fraction of sp³-hybridized carbons (Fsp3) is 0.